The summed E-state index contributed by atoms with van der Waals surface area (Å²) in [5.74, 6) is 0.123. The highest BCUT2D eigenvalue weighted by atomic mass is 79.9. The molecular formula is C17H14Br2N2O. The van der Waals surface area contributed by atoms with E-state index in [-0.39, 0.29) is 11.8 Å². The van der Waals surface area contributed by atoms with E-state index in [2.05, 4.69) is 42.5 Å². The Kier molecular flexibility index (Phi) is 4.64. The van der Waals surface area contributed by atoms with Crippen LogP contribution in [0.3, 0.4) is 0 Å². The quantitative estimate of drug-likeness (QED) is 0.732. The summed E-state index contributed by atoms with van der Waals surface area (Å²) in [4.78, 5) is 12.1. The molecule has 0 radical (unpaired) electrons. The van der Waals surface area contributed by atoms with Gasteiger partial charge in [-0.1, -0.05) is 31.9 Å². The van der Waals surface area contributed by atoms with E-state index in [1.807, 2.05) is 54.6 Å². The van der Waals surface area contributed by atoms with E-state index in [0.29, 0.717) is 12.1 Å². The summed E-state index contributed by atoms with van der Waals surface area (Å²) in [5, 5.41) is 6.54. The molecule has 0 aromatic heterocycles. The fourth-order valence-corrected chi connectivity index (χ4v) is 2.84. The summed E-state index contributed by atoms with van der Waals surface area (Å²) < 4.78 is 2.05. The molecule has 0 heterocycles. The van der Waals surface area contributed by atoms with Crippen molar-refractivity contribution in [1.29, 1.82) is 0 Å². The third-order valence-electron chi connectivity index (χ3n) is 3.39. The molecule has 0 aliphatic heterocycles. The van der Waals surface area contributed by atoms with Gasteiger partial charge in [-0.15, -0.1) is 0 Å². The van der Waals surface area contributed by atoms with E-state index in [1.165, 1.54) is 0 Å². The summed E-state index contributed by atoms with van der Waals surface area (Å²) in [6, 6.07) is 15.7. The molecule has 1 aliphatic carbocycles. The van der Waals surface area contributed by atoms with Crippen LogP contribution in [-0.2, 0) is 4.79 Å². The molecule has 0 fully saturated rings. The zero-order valence-corrected chi connectivity index (χ0v) is 14.8. The lowest BCUT2D eigenvalue weighted by Gasteiger charge is -2.10. The minimum absolute atomic E-state index is 0.0200. The van der Waals surface area contributed by atoms with Gasteiger partial charge in [-0.25, -0.2) is 0 Å². The van der Waals surface area contributed by atoms with Crippen molar-refractivity contribution in [2.75, 3.05) is 10.6 Å². The second-order valence-electron chi connectivity index (χ2n) is 5.10. The number of anilines is 2. The van der Waals surface area contributed by atoms with E-state index in [1.54, 1.807) is 0 Å². The summed E-state index contributed by atoms with van der Waals surface area (Å²) in [7, 11) is 0. The molecule has 0 spiro atoms. The topological polar surface area (TPSA) is 41.1 Å². The van der Waals surface area contributed by atoms with Gasteiger partial charge in [-0.2, -0.15) is 0 Å². The monoisotopic (exact) mass is 420 g/mol. The molecule has 0 saturated carbocycles. The molecule has 22 heavy (non-hydrogen) atoms. The molecule has 0 amide bonds. The molecule has 1 atom stereocenters. The molecule has 0 bridgehead atoms. The van der Waals surface area contributed by atoms with Gasteiger partial charge in [0.05, 0.1) is 11.7 Å². The van der Waals surface area contributed by atoms with Crippen LogP contribution in [0.15, 0.2) is 69.2 Å². The Labute approximate surface area is 146 Å². The lowest BCUT2D eigenvalue weighted by Crippen LogP contribution is -2.15. The van der Waals surface area contributed by atoms with Gasteiger partial charge in [0.1, 0.15) is 0 Å². The smallest absolute Gasteiger partial charge is 0.181 e. The first-order valence-electron chi connectivity index (χ1n) is 6.90. The zero-order chi connectivity index (χ0) is 15.5. The lowest BCUT2D eigenvalue weighted by molar-refractivity contribution is -0.114. The number of hydrogen-bond donors (Lipinski definition) is 2. The molecule has 112 valence electrons. The van der Waals surface area contributed by atoms with Gasteiger partial charge in [0.2, 0.25) is 0 Å². The fraction of sp³-hybridized carbons (Fsp3) is 0.118. The van der Waals surface area contributed by atoms with Gasteiger partial charge >= 0.3 is 0 Å². The van der Waals surface area contributed by atoms with Crippen molar-refractivity contribution in [3.63, 3.8) is 0 Å². The first kappa shape index (κ1) is 15.3. The summed E-state index contributed by atoms with van der Waals surface area (Å²) in [5.41, 5.74) is 2.56. The minimum Gasteiger partial charge on any atom is -0.378 e. The van der Waals surface area contributed by atoms with E-state index in [9.17, 15) is 4.79 Å². The van der Waals surface area contributed by atoms with Gasteiger partial charge in [-0.05, 0) is 54.6 Å². The van der Waals surface area contributed by atoms with E-state index in [4.69, 9.17) is 0 Å². The number of carbonyl (C=O) groups is 1. The van der Waals surface area contributed by atoms with Crippen LogP contribution in [-0.4, -0.2) is 11.8 Å². The second-order valence-corrected chi connectivity index (χ2v) is 6.93. The molecule has 2 aromatic rings. The van der Waals surface area contributed by atoms with E-state index >= 15 is 0 Å². The Morgan fingerprint density at radius 1 is 0.864 bits per heavy atom. The van der Waals surface area contributed by atoms with Crippen LogP contribution in [0.2, 0.25) is 0 Å². The number of hydrogen-bond acceptors (Lipinski definition) is 3. The van der Waals surface area contributed by atoms with Crippen molar-refractivity contribution in [1.82, 2.24) is 0 Å². The van der Waals surface area contributed by atoms with Crippen molar-refractivity contribution in [3.8, 4) is 0 Å². The van der Waals surface area contributed by atoms with Crippen LogP contribution >= 0.6 is 31.9 Å². The largest absolute Gasteiger partial charge is 0.378 e. The van der Waals surface area contributed by atoms with Gasteiger partial charge < -0.3 is 10.6 Å². The maximum Gasteiger partial charge on any atom is 0.181 e. The van der Waals surface area contributed by atoms with Crippen molar-refractivity contribution >= 4 is 49.0 Å². The molecule has 3 nitrogen and oxygen atoms in total. The number of rotatable bonds is 4. The average molecular weight is 422 g/mol. The molecule has 5 heteroatoms. The number of nitrogens with one attached hydrogen (secondary N) is 2. The lowest BCUT2D eigenvalue weighted by atomic mass is 10.2. The molecule has 0 unspecified atom stereocenters. The molecule has 2 aromatic carbocycles. The summed E-state index contributed by atoms with van der Waals surface area (Å²) in [6.07, 6.45) is 2.42. The van der Waals surface area contributed by atoms with Crippen LogP contribution in [0.25, 0.3) is 0 Å². The van der Waals surface area contributed by atoms with Gasteiger partial charge in [0, 0.05) is 26.7 Å². The molecular weight excluding hydrogens is 408 g/mol. The second kappa shape index (κ2) is 6.67. The van der Waals surface area contributed by atoms with Gasteiger partial charge in [0.15, 0.2) is 5.78 Å². The number of benzene rings is 2. The zero-order valence-electron chi connectivity index (χ0n) is 11.6. The highest BCUT2D eigenvalue weighted by Gasteiger charge is 2.24. The number of carbonyl (C=O) groups excluding carboxylic acids is 1. The maximum absolute atomic E-state index is 12.1. The number of allylic oxidation sites excluding steroid dienone is 1. The Morgan fingerprint density at radius 2 is 1.41 bits per heavy atom. The van der Waals surface area contributed by atoms with Crippen LogP contribution in [0.5, 0.6) is 0 Å². The molecule has 3 rings (SSSR count). The Morgan fingerprint density at radius 3 is 2.00 bits per heavy atom. The van der Waals surface area contributed by atoms with Crippen molar-refractivity contribution in [2.24, 2.45) is 0 Å². The average Bonchev–Trinajstić information content (AvgIpc) is 2.84. The first-order valence-corrected chi connectivity index (χ1v) is 8.48. The number of halogens is 2. The normalized spacial score (nSPS) is 17.3. The standard InChI is InChI=1S/C17H14Br2N2O/c18-11-1-5-13(6-2-11)20-15-9-16(17(22)10-15)21-14-7-3-12(19)4-8-14/h1-9,15,20-21H,10H2/t15-/m1/s1. The molecule has 0 saturated heterocycles. The van der Waals surface area contributed by atoms with Gasteiger partial charge in [0.25, 0.3) is 0 Å². The van der Waals surface area contributed by atoms with Crippen LogP contribution in [0, 0.1) is 0 Å². The van der Waals surface area contributed by atoms with E-state index < -0.39 is 0 Å². The Bertz CT molecular complexity index is 708. The van der Waals surface area contributed by atoms with Crippen molar-refractivity contribution in [3.05, 3.63) is 69.2 Å². The SMILES string of the molecule is O=C1C[C@H](Nc2ccc(Br)cc2)C=C1Nc1ccc(Br)cc1. The highest BCUT2D eigenvalue weighted by molar-refractivity contribution is 9.10. The third kappa shape index (κ3) is 3.78. The number of ketones is 1. The maximum atomic E-state index is 12.1. The molecule has 1 aliphatic rings. The third-order valence-corrected chi connectivity index (χ3v) is 4.45. The Hall–Kier alpha value is -1.59. The highest BCUT2D eigenvalue weighted by Crippen LogP contribution is 2.23. The Balaban J connectivity index is 1.68. The predicted octanol–water partition coefficient (Wildman–Crippen LogP) is 4.96. The van der Waals surface area contributed by atoms with Crippen molar-refractivity contribution in [2.45, 2.75) is 12.5 Å². The van der Waals surface area contributed by atoms with Gasteiger partial charge in [-0.3, -0.25) is 4.79 Å². The summed E-state index contributed by atoms with van der Waals surface area (Å²) in [6.45, 7) is 0. The number of Topliss-reactive ketones (excluding diaryl/α,β-unsaturated/α-hetero) is 1. The predicted molar refractivity (Wildman–Crippen MR) is 97.0 cm³/mol. The van der Waals surface area contributed by atoms with Crippen LogP contribution in [0.1, 0.15) is 6.42 Å². The fourth-order valence-electron chi connectivity index (χ4n) is 2.32. The van der Waals surface area contributed by atoms with E-state index in [0.717, 1.165) is 20.3 Å². The first-order chi connectivity index (χ1) is 10.6. The molecule has 2 N–H and O–H groups in total. The summed E-state index contributed by atoms with van der Waals surface area (Å²) >= 11 is 6.81. The minimum atomic E-state index is 0.0200. The van der Waals surface area contributed by atoms with Crippen LogP contribution < -0.4 is 10.6 Å². The van der Waals surface area contributed by atoms with Crippen molar-refractivity contribution < 1.29 is 4.79 Å². The van der Waals surface area contributed by atoms with Crippen LogP contribution in [0.4, 0.5) is 11.4 Å².